The van der Waals surface area contributed by atoms with Crippen LogP contribution in [0.3, 0.4) is 0 Å². The minimum Gasteiger partial charge on any atom is -0.494 e. The van der Waals surface area contributed by atoms with Crippen LogP contribution in [-0.2, 0) is 17.6 Å². The van der Waals surface area contributed by atoms with Crippen LogP contribution in [0.25, 0.3) is 0 Å². The van der Waals surface area contributed by atoms with E-state index in [0.717, 1.165) is 50.1 Å². The van der Waals surface area contributed by atoms with Gasteiger partial charge < -0.3 is 20.5 Å². The van der Waals surface area contributed by atoms with E-state index < -0.39 is 6.09 Å². The van der Waals surface area contributed by atoms with Gasteiger partial charge in [0.25, 0.3) is 0 Å². The van der Waals surface area contributed by atoms with Crippen LogP contribution in [0.1, 0.15) is 74.0 Å². The number of nitrogens with two attached hydrogens (primary N) is 1. The molecule has 2 aliphatic rings. The smallest absolute Gasteiger partial charge is 0.407 e. The Balaban J connectivity index is 1.33. The molecule has 3 atom stereocenters. The first-order valence-electron chi connectivity index (χ1n) is 16.8. The molecule has 3 unspecified atom stereocenters. The zero-order valence-electron chi connectivity index (χ0n) is 26.4. The molecule has 1 saturated carbocycles. The molecule has 0 aromatic heterocycles. The second-order valence-corrected chi connectivity index (χ2v) is 12.9. The Labute approximate surface area is 268 Å². The van der Waals surface area contributed by atoms with Crippen LogP contribution in [0.4, 0.5) is 4.79 Å². The summed E-state index contributed by atoms with van der Waals surface area (Å²) < 4.78 is 6.16. The van der Waals surface area contributed by atoms with Gasteiger partial charge in [-0.2, -0.15) is 0 Å². The van der Waals surface area contributed by atoms with E-state index in [1.165, 1.54) is 43.2 Å². The number of rotatable bonds is 14. The van der Waals surface area contributed by atoms with Crippen molar-refractivity contribution in [2.45, 2.75) is 82.2 Å². The van der Waals surface area contributed by atoms with E-state index in [4.69, 9.17) is 10.5 Å². The van der Waals surface area contributed by atoms with Gasteiger partial charge in [-0.05, 0) is 79.2 Å². The van der Waals surface area contributed by atoms with Gasteiger partial charge in [0.1, 0.15) is 5.75 Å². The minimum absolute atomic E-state index is 0.0553. The Kier molecular flexibility index (Phi) is 11.9. The first-order valence-corrected chi connectivity index (χ1v) is 16.8. The molecule has 5 rings (SSSR count). The number of nitrogens with zero attached hydrogens (tertiary/aromatic N) is 2. The van der Waals surface area contributed by atoms with E-state index in [9.17, 15) is 14.7 Å². The lowest BCUT2D eigenvalue weighted by Crippen LogP contribution is -2.53. The van der Waals surface area contributed by atoms with Crippen LogP contribution in [0.2, 0.25) is 0 Å². The van der Waals surface area contributed by atoms with Crippen molar-refractivity contribution in [2.75, 3.05) is 26.2 Å². The third-order valence-electron chi connectivity index (χ3n) is 9.78. The van der Waals surface area contributed by atoms with E-state index in [2.05, 4.69) is 47.4 Å². The summed E-state index contributed by atoms with van der Waals surface area (Å²) in [6.45, 7) is 2.97. The van der Waals surface area contributed by atoms with E-state index >= 15 is 0 Å². The number of ether oxygens (including phenoxy) is 1. The van der Waals surface area contributed by atoms with Gasteiger partial charge in [0.05, 0.1) is 13.0 Å². The summed E-state index contributed by atoms with van der Waals surface area (Å²) in [7, 11) is 0. The highest BCUT2D eigenvalue weighted by Crippen LogP contribution is 2.38. The molecule has 240 valence electrons. The lowest BCUT2D eigenvalue weighted by atomic mass is 9.76. The van der Waals surface area contributed by atoms with E-state index in [0.29, 0.717) is 31.0 Å². The lowest BCUT2D eigenvalue weighted by Gasteiger charge is -2.44. The molecule has 2 fully saturated rings. The van der Waals surface area contributed by atoms with Crippen molar-refractivity contribution in [3.8, 4) is 5.75 Å². The molecule has 1 aliphatic heterocycles. The van der Waals surface area contributed by atoms with Gasteiger partial charge in [0.2, 0.25) is 5.91 Å². The Hall–Kier alpha value is -3.84. The van der Waals surface area contributed by atoms with Gasteiger partial charge >= 0.3 is 6.09 Å². The monoisotopic (exact) mass is 611 g/mol. The number of hydrogen-bond donors (Lipinski definition) is 2. The van der Waals surface area contributed by atoms with Gasteiger partial charge in [-0.15, -0.1) is 0 Å². The largest absolute Gasteiger partial charge is 0.494 e. The number of carbonyl (C=O) groups is 2. The SMILES string of the molecule is NC(=O)Cc1cccc(OCCCN(CC(c2ccccc2)C2CCCCC2)C2CCN(C(=O)O)C(Cc3ccccc3)C2)c1. The van der Waals surface area contributed by atoms with Crippen LogP contribution in [0.5, 0.6) is 5.75 Å². The number of carboxylic acid groups (broad SMARTS) is 1. The highest BCUT2D eigenvalue weighted by molar-refractivity contribution is 5.76. The second-order valence-electron chi connectivity index (χ2n) is 12.9. The van der Waals surface area contributed by atoms with E-state index in [1.54, 1.807) is 4.90 Å². The van der Waals surface area contributed by atoms with Crippen molar-refractivity contribution in [3.63, 3.8) is 0 Å². The maximum absolute atomic E-state index is 12.3. The molecule has 2 amide bonds. The molecular formula is C38H49N3O4. The molecule has 3 aromatic carbocycles. The average molecular weight is 612 g/mol. The number of likely N-dealkylation sites (tertiary alicyclic amines) is 1. The van der Waals surface area contributed by atoms with Gasteiger partial charge in [-0.3, -0.25) is 9.69 Å². The first-order chi connectivity index (χ1) is 22.0. The Bertz CT molecular complexity index is 1350. The summed E-state index contributed by atoms with van der Waals surface area (Å²) in [5, 5.41) is 10.1. The van der Waals surface area contributed by atoms with Gasteiger partial charge in [0.15, 0.2) is 0 Å². The van der Waals surface area contributed by atoms with E-state index in [-0.39, 0.29) is 18.4 Å². The quantitative estimate of drug-likeness (QED) is 0.193. The normalized spacial score (nSPS) is 19.7. The predicted octanol–water partition coefficient (Wildman–Crippen LogP) is 6.90. The number of primary amides is 1. The zero-order chi connectivity index (χ0) is 31.4. The third-order valence-corrected chi connectivity index (χ3v) is 9.78. The Morgan fingerprint density at radius 1 is 0.911 bits per heavy atom. The molecule has 3 N–H and O–H groups in total. The maximum atomic E-state index is 12.3. The topological polar surface area (TPSA) is 96.1 Å². The Morgan fingerprint density at radius 2 is 1.62 bits per heavy atom. The first kappa shape index (κ1) is 32.6. The molecule has 3 aromatic rings. The number of piperidine rings is 1. The van der Waals surface area contributed by atoms with Crippen LogP contribution in [0.15, 0.2) is 84.9 Å². The van der Waals surface area contributed by atoms with E-state index in [1.807, 2.05) is 42.5 Å². The summed E-state index contributed by atoms with van der Waals surface area (Å²) in [4.78, 5) is 28.0. The molecule has 0 spiro atoms. The fourth-order valence-corrected chi connectivity index (χ4v) is 7.54. The number of hydrogen-bond acceptors (Lipinski definition) is 4. The average Bonchev–Trinajstić information content (AvgIpc) is 3.05. The van der Waals surface area contributed by atoms with Crippen molar-refractivity contribution < 1.29 is 19.4 Å². The summed E-state index contributed by atoms with van der Waals surface area (Å²) >= 11 is 0. The Morgan fingerprint density at radius 3 is 2.33 bits per heavy atom. The van der Waals surface area contributed by atoms with Crippen molar-refractivity contribution in [2.24, 2.45) is 11.7 Å². The molecule has 1 heterocycles. The van der Waals surface area contributed by atoms with Crippen LogP contribution >= 0.6 is 0 Å². The van der Waals surface area contributed by atoms with Gasteiger partial charge in [-0.25, -0.2) is 4.79 Å². The van der Waals surface area contributed by atoms with Crippen LogP contribution in [0, 0.1) is 5.92 Å². The molecule has 1 aliphatic carbocycles. The second kappa shape index (κ2) is 16.5. The van der Waals surface area contributed by atoms with Gasteiger partial charge in [-0.1, -0.05) is 92.1 Å². The van der Waals surface area contributed by atoms with Crippen molar-refractivity contribution >= 4 is 12.0 Å². The third kappa shape index (κ3) is 9.57. The fraction of sp³-hybridized carbons (Fsp3) is 0.474. The lowest BCUT2D eigenvalue weighted by molar-refractivity contribution is -0.117. The standard InChI is InChI=1S/C38H49N3O4/c39-37(42)26-30-14-10-19-35(25-30)45-23-11-21-40(28-36(31-15-6-2-7-16-31)32-17-8-3-9-18-32)33-20-22-41(38(43)44)34(27-33)24-29-12-4-1-5-13-29/h1-2,4-7,10,12-16,19,25,32-34,36H,3,8-9,11,17-18,20-24,26-28H2,(H2,39,42)(H,43,44). The molecule has 0 radical (unpaired) electrons. The number of benzene rings is 3. The fourth-order valence-electron chi connectivity index (χ4n) is 7.54. The van der Waals surface area contributed by atoms with Crippen molar-refractivity contribution in [1.29, 1.82) is 0 Å². The summed E-state index contributed by atoms with van der Waals surface area (Å²) in [6, 6.07) is 29.2. The summed E-state index contributed by atoms with van der Waals surface area (Å²) in [6.07, 6.45) is 9.08. The highest BCUT2D eigenvalue weighted by Gasteiger charge is 2.36. The van der Waals surface area contributed by atoms with Crippen LogP contribution < -0.4 is 10.5 Å². The van der Waals surface area contributed by atoms with Crippen LogP contribution in [-0.4, -0.2) is 65.2 Å². The molecule has 0 bridgehead atoms. The molecule has 7 nitrogen and oxygen atoms in total. The zero-order valence-corrected chi connectivity index (χ0v) is 26.4. The molecule has 7 heteroatoms. The highest BCUT2D eigenvalue weighted by atomic mass is 16.5. The van der Waals surface area contributed by atoms with Crippen molar-refractivity contribution in [3.05, 3.63) is 102 Å². The summed E-state index contributed by atoms with van der Waals surface area (Å²) in [5.74, 6) is 1.51. The van der Waals surface area contributed by atoms with Crippen molar-refractivity contribution in [1.82, 2.24) is 9.80 Å². The number of amides is 2. The maximum Gasteiger partial charge on any atom is 0.407 e. The number of carbonyl (C=O) groups excluding carboxylic acids is 1. The molecular weight excluding hydrogens is 562 g/mol. The molecule has 45 heavy (non-hydrogen) atoms. The molecule has 1 saturated heterocycles. The predicted molar refractivity (Wildman–Crippen MR) is 178 cm³/mol. The van der Waals surface area contributed by atoms with Gasteiger partial charge in [0, 0.05) is 31.7 Å². The minimum atomic E-state index is -0.822. The summed E-state index contributed by atoms with van der Waals surface area (Å²) in [5.41, 5.74) is 8.84.